The molecular formula is C17H14ClNO4. The first-order valence-electron chi connectivity index (χ1n) is 6.65. The molecule has 0 aliphatic heterocycles. The summed E-state index contributed by atoms with van der Waals surface area (Å²) in [4.78, 5) is 23.0. The number of rotatable bonds is 5. The summed E-state index contributed by atoms with van der Waals surface area (Å²) in [6.07, 6.45) is 2.97. The van der Waals surface area contributed by atoms with Crippen molar-refractivity contribution < 1.29 is 19.4 Å². The molecule has 5 nitrogen and oxygen atoms in total. The Labute approximate surface area is 138 Å². The lowest BCUT2D eigenvalue weighted by Crippen LogP contribution is -2.10. The van der Waals surface area contributed by atoms with Gasteiger partial charge in [0.15, 0.2) is 0 Å². The number of hydrogen-bond donors (Lipinski definition) is 2. The van der Waals surface area contributed by atoms with Crippen LogP contribution in [0.5, 0.6) is 5.75 Å². The van der Waals surface area contributed by atoms with Crippen LogP contribution in [0, 0.1) is 0 Å². The molecule has 0 heterocycles. The molecule has 0 atom stereocenters. The van der Waals surface area contributed by atoms with Crippen LogP contribution in [0.3, 0.4) is 0 Å². The first-order chi connectivity index (χ1) is 11.0. The normalized spacial score (nSPS) is 10.5. The van der Waals surface area contributed by atoms with Gasteiger partial charge in [-0.05, 0) is 42.0 Å². The van der Waals surface area contributed by atoms with Gasteiger partial charge in [-0.3, -0.25) is 4.79 Å². The number of carboxylic acid groups (broad SMARTS) is 1. The molecule has 6 heteroatoms. The Bertz CT molecular complexity index is 754. The van der Waals surface area contributed by atoms with Crippen molar-refractivity contribution in [2.45, 2.75) is 0 Å². The van der Waals surface area contributed by atoms with Crippen LogP contribution < -0.4 is 10.1 Å². The van der Waals surface area contributed by atoms with Crippen molar-refractivity contribution in [1.82, 2.24) is 0 Å². The second-order valence-corrected chi connectivity index (χ2v) is 5.03. The van der Waals surface area contributed by atoms with Gasteiger partial charge in [-0.2, -0.15) is 0 Å². The number of methoxy groups -OCH3 is 1. The molecule has 0 aliphatic rings. The minimum Gasteiger partial charge on any atom is -0.495 e. The summed E-state index contributed by atoms with van der Waals surface area (Å²) in [5.41, 5.74) is 1.16. The Kier molecular flexibility index (Phi) is 5.38. The van der Waals surface area contributed by atoms with Gasteiger partial charge in [0.05, 0.1) is 18.4 Å². The zero-order valence-corrected chi connectivity index (χ0v) is 13.0. The highest BCUT2D eigenvalue weighted by Crippen LogP contribution is 2.25. The van der Waals surface area contributed by atoms with Gasteiger partial charge < -0.3 is 15.2 Å². The van der Waals surface area contributed by atoms with Crippen LogP contribution in [0.1, 0.15) is 15.9 Å². The van der Waals surface area contributed by atoms with Gasteiger partial charge in [-0.1, -0.05) is 23.7 Å². The van der Waals surface area contributed by atoms with E-state index in [2.05, 4.69) is 5.32 Å². The minimum atomic E-state index is -1.08. The van der Waals surface area contributed by atoms with Crippen molar-refractivity contribution in [3.63, 3.8) is 0 Å². The average Bonchev–Trinajstić information content (AvgIpc) is 2.54. The van der Waals surface area contributed by atoms with Crippen LogP contribution in [-0.4, -0.2) is 24.1 Å². The van der Waals surface area contributed by atoms with Crippen molar-refractivity contribution in [2.24, 2.45) is 0 Å². The molecule has 0 saturated carbocycles. The summed E-state index contributed by atoms with van der Waals surface area (Å²) in [5.74, 6) is -1.11. The molecule has 2 aromatic carbocycles. The Morgan fingerprint density at radius 2 is 1.87 bits per heavy atom. The maximum Gasteiger partial charge on any atom is 0.335 e. The van der Waals surface area contributed by atoms with E-state index in [4.69, 9.17) is 21.4 Å². The first kappa shape index (κ1) is 16.6. The molecule has 1 amide bonds. The minimum absolute atomic E-state index is 0.0581. The van der Waals surface area contributed by atoms with Crippen LogP contribution >= 0.6 is 11.6 Å². The molecule has 2 rings (SSSR count). The summed E-state index contributed by atoms with van der Waals surface area (Å²) in [7, 11) is 1.44. The Balaban J connectivity index is 2.14. The van der Waals surface area contributed by atoms with E-state index < -0.39 is 11.9 Å². The SMILES string of the molecule is COc1ccc(C(=O)O)cc1NC(=O)/C=C/c1ccc(Cl)cc1. The summed E-state index contributed by atoms with van der Waals surface area (Å²) in [6, 6.07) is 11.2. The van der Waals surface area contributed by atoms with Gasteiger partial charge in [0.2, 0.25) is 5.91 Å². The van der Waals surface area contributed by atoms with Crippen LogP contribution in [0.4, 0.5) is 5.69 Å². The molecule has 118 valence electrons. The highest BCUT2D eigenvalue weighted by Gasteiger charge is 2.10. The number of ether oxygens (including phenoxy) is 1. The number of carbonyl (C=O) groups excluding carboxylic acids is 1. The zero-order chi connectivity index (χ0) is 16.8. The predicted octanol–water partition coefficient (Wildman–Crippen LogP) is 3.70. The molecular weight excluding hydrogens is 318 g/mol. The molecule has 0 bridgehead atoms. The van der Waals surface area contributed by atoms with E-state index in [1.807, 2.05) is 0 Å². The van der Waals surface area contributed by atoms with Crippen molar-refractivity contribution in [1.29, 1.82) is 0 Å². The Hall–Kier alpha value is -2.79. The number of aromatic carboxylic acids is 1. The summed E-state index contributed by atoms with van der Waals surface area (Å²) < 4.78 is 5.11. The number of nitrogens with one attached hydrogen (secondary N) is 1. The molecule has 23 heavy (non-hydrogen) atoms. The number of carbonyl (C=O) groups is 2. The molecule has 0 unspecified atom stereocenters. The molecule has 0 aliphatic carbocycles. The third-order valence-electron chi connectivity index (χ3n) is 3.00. The van der Waals surface area contributed by atoms with Gasteiger partial charge in [0.25, 0.3) is 0 Å². The lowest BCUT2D eigenvalue weighted by molar-refractivity contribution is -0.111. The molecule has 0 radical (unpaired) electrons. The fraction of sp³-hybridized carbons (Fsp3) is 0.0588. The second-order valence-electron chi connectivity index (χ2n) is 4.59. The number of anilines is 1. The van der Waals surface area contributed by atoms with E-state index in [1.54, 1.807) is 30.3 Å². The molecule has 2 aromatic rings. The van der Waals surface area contributed by atoms with Crippen LogP contribution in [-0.2, 0) is 4.79 Å². The smallest absolute Gasteiger partial charge is 0.335 e. The van der Waals surface area contributed by atoms with Gasteiger partial charge in [0, 0.05) is 11.1 Å². The molecule has 0 saturated heterocycles. The van der Waals surface area contributed by atoms with Gasteiger partial charge in [-0.15, -0.1) is 0 Å². The topological polar surface area (TPSA) is 75.6 Å². The van der Waals surface area contributed by atoms with Crippen molar-refractivity contribution in [3.05, 3.63) is 64.7 Å². The first-order valence-corrected chi connectivity index (χ1v) is 7.03. The van der Waals surface area contributed by atoms with E-state index >= 15 is 0 Å². The third kappa shape index (κ3) is 4.59. The van der Waals surface area contributed by atoms with E-state index in [-0.39, 0.29) is 11.3 Å². The maximum atomic E-state index is 12.0. The number of amides is 1. The molecule has 0 aromatic heterocycles. The second kappa shape index (κ2) is 7.47. The highest BCUT2D eigenvalue weighted by atomic mass is 35.5. The predicted molar refractivity (Wildman–Crippen MR) is 89.1 cm³/mol. The molecule has 0 fully saturated rings. The Morgan fingerprint density at radius 3 is 2.48 bits per heavy atom. The highest BCUT2D eigenvalue weighted by molar-refractivity contribution is 6.30. The number of carboxylic acids is 1. The summed E-state index contributed by atoms with van der Waals surface area (Å²) in [6.45, 7) is 0. The number of benzene rings is 2. The zero-order valence-electron chi connectivity index (χ0n) is 12.2. The standard InChI is InChI=1S/C17H14ClNO4/c1-23-15-8-5-12(17(21)22)10-14(15)19-16(20)9-4-11-2-6-13(18)7-3-11/h2-10H,1H3,(H,19,20)(H,21,22)/b9-4+. The van der Waals surface area contributed by atoms with Gasteiger partial charge in [0.1, 0.15) is 5.75 Å². The maximum absolute atomic E-state index is 12.0. The number of halogens is 1. The van der Waals surface area contributed by atoms with Crippen LogP contribution in [0.25, 0.3) is 6.08 Å². The average molecular weight is 332 g/mol. The van der Waals surface area contributed by atoms with E-state index in [9.17, 15) is 9.59 Å². The molecule has 2 N–H and O–H groups in total. The van der Waals surface area contributed by atoms with E-state index in [0.717, 1.165) is 5.56 Å². The summed E-state index contributed by atoms with van der Waals surface area (Å²) >= 11 is 5.79. The van der Waals surface area contributed by atoms with Crippen LogP contribution in [0.2, 0.25) is 5.02 Å². The van der Waals surface area contributed by atoms with Gasteiger partial charge >= 0.3 is 5.97 Å². The lowest BCUT2D eigenvalue weighted by atomic mass is 10.2. The van der Waals surface area contributed by atoms with E-state index in [0.29, 0.717) is 10.8 Å². The monoisotopic (exact) mass is 331 g/mol. The Morgan fingerprint density at radius 1 is 1.17 bits per heavy atom. The summed E-state index contributed by atoms with van der Waals surface area (Å²) in [5, 5.41) is 12.2. The quantitative estimate of drug-likeness (QED) is 0.819. The molecule has 0 spiro atoms. The van der Waals surface area contributed by atoms with E-state index in [1.165, 1.54) is 31.4 Å². The fourth-order valence-electron chi connectivity index (χ4n) is 1.86. The fourth-order valence-corrected chi connectivity index (χ4v) is 1.98. The van der Waals surface area contributed by atoms with Crippen molar-refractivity contribution in [2.75, 3.05) is 12.4 Å². The van der Waals surface area contributed by atoms with Crippen LogP contribution in [0.15, 0.2) is 48.5 Å². The van der Waals surface area contributed by atoms with Crippen molar-refractivity contribution >= 4 is 35.2 Å². The van der Waals surface area contributed by atoms with Crippen molar-refractivity contribution in [3.8, 4) is 5.75 Å². The largest absolute Gasteiger partial charge is 0.495 e. The number of hydrogen-bond acceptors (Lipinski definition) is 3. The lowest BCUT2D eigenvalue weighted by Gasteiger charge is -2.09. The van der Waals surface area contributed by atoms with Gasteiger partial charge in [-0.25, -0.2) is 4.79 Å². The third-order valence-corrected chi connectivity index (χ3v) is 3.25.